The van der Waals surface area contributed by atoms with E-state index in [4.69, 9.17) is 88.6 Å². The Hall–Kier alpha value is -1.94. The standard InChI is InChI=1S/C32H32Cl6O8/c1-5-31(9-15(3)10-31)13-43-27(39)21-23(37)17(33)7-19(35)25(21)45-29(41)30(42)46-26-20(36)8-18(34)24(38)22(26)28(40)44-14-32(6-2)11-16(4)12-32/h7-8,15-16H,5-6,9-14H2,1-4H3. The van der Waals surface area contributed by atoms with E-state index in [1.54, 1.807) is 0 Å². The minimum Gasteiger partial charge on any atom is -0.461 e. The molecule has 2 aliphatic carbocycles. The van der Waals surface area contributed by atoms with Gasteiger partial charge in [0.05, 0.1) is 43.3 Å². The predicted octanol–water partition coefficient (Wildman–Crippen LogP) is 10.1. The van der Waals surface area contributed by atoms with Crippen LogP contribution < -0.4 is 9.47 Å². The molecule has 0 aliphatic heterocycles. The van der Waals surface area contributed by atoms with Crippen LogP contribution in [0.5, 0.6) is 11.5 Å². The van der Waals surface area contributed by atoms with Crippen molar-refractivity contribution >= 4 is 93.5 Å². The van der Waals surface area contributed by atoms with Crippen LogP contribution in [0.25, 0.3) is 0 Å². The second-order valence-corrected chi connectivity index (χ2v) is 14.8. The molecule has 0 N–H and O–H groups in total. The molecule has 0 radical (unpaired) electrons. The third kappa shape index (κ3) is 7.68. The van der Waals surface area contributed by atoms with Gasteiger partial charge in [0.1, 0.15) is 11.1 Å². The van der Waals surface area contributed by atoms with E-state index in [0.29, 0.717) is 11.8 Å². The molecule has 0 atom stereocenters. The molecule has 2 aromatic rings. The summed E-state index contributed by atoms with van der Waals surface area (Å²) >= 11 is 37.5. The first-order valence-electron chi connectivity index (χ1n) is 14.7. The molecule has 250 valence electrons. The number of hydrogen-bond acceptors (Lipinski definition) is 8. The van der Waals surface area contributed by atoms with Gasteiger partial charge in [0.15, 0.2) is 11.5 Å². The number of hydrogen-bond donors (Lipinski definition) is 0. The van der Waals surface area contributed by atoms with Gasteiger partial charge in [-0.05, 0) is 62.5 Å². The quantitative estimate of drug-likeness (QED) is 0.102. The Morgan fingerprint density at radius 2 is 0.957 bits per heavy atom. The van der Waals surface area contributed by atoms with Gasteiger partial charge in [0.2, 0.25) is 0 Å². The Kier molecular flexibility index (Phi) is 11.8. The first-order chi connectivity index (χ1) is 21.6. The molecule has 2 aromatic carbocycles. The van der Waals surface area contributed by atoms with Crippen LogP contribution in [0.4, 0.5) is 0 Å². The number of benzene rings is 2. The first kappa shape index (κ1) is 36.9. The summed E-state index contributed by atoms with van der Waals surface area (Å²) in [5.74, 6) is -5.34. The highest BCUT2D eigenvalue weighted by Crippen LogP contribution is 2.50. The van der Waals surface area contributed by atoms with Crippen molar-refractivity contribution in [2.45, 2.75) is 66.2 Å². The Labute approximate surface area is 297 Å². The highest BCUT2D eigenvalue weighted by molar-refractivity contribution is 6.47. The maximum atomic E-state index is 13.2. The molecule has 2 fully saturated rings. The van der Waals surface area contributed by atoms with Gasteiger partial charge in [-0.2, -0.15) is 0 Å². The van der Waals surface area contributed by atoms with Gasteiger partial charge >= 0.3 is 23.9 Å². The monoisotopic (exact) mass is 754 g/mol. The van der Waals surface area contributed by atoms with E-state index in [0.717, 1.165) is 50.7 Å². The van der Waals surface area contributed by atoms with E-state index in [9.17, 15) is 19.2 Å². The zero-order chi connectivity index (χ0) is 34.1. The third-order valence-electron chi connectivity index (χ3n) is 8.86. The summed E-state index contributed by atoms with van der Waals surface area (Å²) in [5.41, 5.74) is -1.27. The van der Waals surface area contributed by atoms with Gasteiger partial charge in [-0.1, -0.05) is 97.3 Å². The lowest BCUT2D eigenvalue weighted by molar-refractivity contribution is -0.156. The predicted molar refractivity (Wildman–Crippen MR) is 177 cm³/mol. The molecule has 14 heteroatoms. The molecule has 0 bridgehead atoms. The maximum absolute atomic E-state index is 13.2. The number of ether oxygens (including phenoxy) is 4. The van der Waals surface area contributed by atoms with Gasteiger partial charge in [0, 0.05) is 10.8 Å². The fourth-order valence-corrected chi connectivity index (χ4v) is 7.86. The summed E-state index contributed by atoms with van der Waals surface area (Å²) in [4.78, 5) is 52.5. The van der Waals surface area contributed by atoms with Gasteiger partial charge in [0.25, 0.3) is 0 Å². The lowest BCUT2D eigenvalue weighted by Gasteiger charge is -2.45. The average Bonchev–Trinajstić information content (AvgIpc) is 2.97. The van der Waals surface area contributed by atoms with Gasteiger partial charge in [-0.3, -0.25) is 0 Å². The number of halogens is 6. The molecule has 0 amide bonds. The summed E-state index contributed by atoms with van der Waals surface area (Å²) in [5, 5.41) is -1.45. The van der Waals surface area contributed by atoms with Crippen molar-refractivity contribution in [1.29, 1.82) is 0 Å². The van der Waals surface area contributed by atoms with Gasteiger partial charge in [-0.15, -0.1) is 0 Å². The second kappa shape index (κ2) is 14.7. The topological polar surface area (TPSA) is 105 Å². The molecule has 2 saturated carbocycles. The Bertz CT molecular complexity index is 1450. The smallest absolute Gasteiger partial charge is 0.423 e. The summed E-state index contributed by atoms with van der Waals surface area (Å²) in [6.07, 6.45) is 5.07. The SMILES string of the molecule is CCC1(COC(=O)c2c(Cl)c(Cl)cc(Cl)c2OC(=O)C(=O)Oc2c(Cl)cc(Cl)c(Cl)c2C(=O)OCC2(CC)CC(C)C2)CC(C)C1. The lowest BCUT2D eigenvalue weighted by atomic mass is 9.62. The Morgan fingerprint density at radius 1 is 0.630 bits per heavy atom. The largest absolute Gasteiger partial charge is 0.461 e. The molecule has 0 heterocycles. The zero-order valence-electron chi connectivity index (χ0n) is 25.5. The second-order valence-electron chi connectivity index (χ2n) is 12.4. The van der Waals surface area contributed by atoms with E-state index < -0.39 is 46.5 Å². The van der Waals surface area contributed by atoms with Crippen LogP contribution in [0.15, 0.2) is 12.1 Å². The van der Waals surface area contributed by atoms with Crippen molar-refractivity contribution < 1.29 is 38.1 Å². The van der Waals surface area contributed by atoms with E-state index >= 15 is 0 Å². The van der Waals surface area contributed by atoms with E-state index in [-0.39, 0.29) is 54.2 Å². The Morgan fingerprint density at radius 3 is 1.24 bits per heavy atom. The van der Waals surface area contributed by atoms with E-state index in [1.165, 1.54) is 0 Å². The van der Waals surface area contributed by atoms with Crippen molar-refractivity contribution in [2.24, 2.45) is 22.7 Å². The van der Waals surface area contributed by atoms with Gasteiger partial charge < -0.3 is 18.9 Å². The number of esters is 4. The molecule has 4 rings (SSSR count). The molecular formula is C32H32Cl6O8. The first-order valence-corrected chi connectivity index (χ1v) is 17.0. The van der Waals surface area contributed by atoms with Crippen LogP contribution in [0.1, 0.15) is 86.9 Å². The fraction of sp³-hybridized carbons (Fsp3) is 0.500. The molecule has 2 aliphatic rings. The van der Waals surface area contributed by atoms with Crippen molar-refractivity contribution in [2.75, 3.05) is 13.2 Å². The summed E-state index contributed by atoms with van der Waals surface area (Å²) in [6.45, 7) is 8.40. The van der Waals surface area contributed by atoms with Crippen molar-refractivity contribution in [1.82, 2.24) is 0 Å². The molecule has 0 spiro atoms. The molecule has 0 aromatic heterocycles. The molecular weight excluding hydrogens is 725 g/mol. The minimum absolute atomic E-state index is 0.0929. The van der Waals surface area contributed by atoms with Crippen LogP contribution >= 0.6 is 69.6 Å². The average molecular weight is 757 g/mol. The van der Waals surface area contributed by atoms with Crippen molar-refractivity contribution in [3.63, 3.8) is 0 Å². The van der Waals surface area contributed by atoms with Crippen LogP contribution in [0.3, 0.4) is 0 Å². The molecule has 46 heavy (non-hydrogen) atoms. The van der Waals surface area contributed by atoms with Crippen LogP contribution in [-0.2, 0) is 19.1 Å². The maximum Gasteiger partial charge on any atom is 0.423 e. The highest BCUT2D eigenvalue weighted by atomic mass is 35.5. The van der Waals surface area contributed by atoms with E-state index in [2.05, 4.69) is 13.8 Å². The molecule has 8 nitrogen and oxygen atoms in total. The normalized spacial score (nSPS) is 23.5. The number of rotatable bonds is 10. The zero-order valence-corrected chi connectivity index (χ0v) is 30.0. The minimum atomic E-state index is -1.64. The van der Waals surface area contributed by atoms with Gasteiger partial charge in [-0.25, -0.2) is 19.2 Å². The van der Waals surface area contributed by atoms with E-state index in [1.807, 2.05) is 13.8 Å². The third-order valence-corrected chi connectivity index (χ3v) is 11.0. The summed E-state index contributed by atoms with van der Waals surface area (Å²) in [6, 6.07) is 2.26. The Balaban J connectivity index is 1.55. The van der Waals surface area contributed by atoms with Crippen molar-refractivity contribution in [3.8, 4) is 11.5 Å². The van der Waals surface area contributed by atoms with Crippen LogP contribution in [0, 0.1) is 22.7 Å². The molecule has 0 saturated heterocycles. The molecule has 0 unspecified atom stereocenters. The summed E-state index contributed by atoms with van der Waals surface area (Å²) < 4.78 is 21.5. The van der Waals surface area contributed by atoms with Crippen LogP contribution in [-0.4, -0.2) is 37.1 Å². The number of carbonyl (C=O) groups excluding carboxylic acids is 4. The van der Waals surface area contributed by atoms with Crippen LogP contribution in [0.2, 0.25) is 30.1 Å². The highest BCUT2D eigenvalue weighted by Gasteiger charge is 2.43. The summed E-state index contributed by atoms with van der Waals surface area (Å²) in [7, 11) is 0. The fourth-order valence-electron chi connectivity index (χ4n) is 6.43. The lowest BCUT2D eigenvalue weighted by Crippen LogP contribution is -2.40. The number of carbonyl (C=O) groups is 4. The van der Waals surface area contributed by atoms with Crippen molar-refractivity contribution in [3.05, 3.63) is 53.4 Å².